The number of piperidine rings is 1. The van der Waals surface area contributed by atoms with E-state index in [1.165, 1.54) is 0 Å². The van der Waals surface area contributed by atoms with E-state index in [9.17, 15) is 8.42 Å². The van der Waals surface area contributed by atoms with Crippen molar-refractivity contribution in [2.75, 3.05) is 19.6 Å². The zero-order chi connectivity index (χ0) is 14.6. The molecule has 1 saturated heterocycles. The Kier molecular flexibility index (Phi) is 6.66. The number of rotatable bonds is 5. The topological polar surface area (TPSA) is 58.2 Å². The minimum Gasteiger partial charge on any atom is -0.317 e. The molecule has 1 aromatic rings. The predicted molar refractivity (Wildman–Crippen MR) is 88.5 cm³/mol. The third-order valence-electron chi connectivity index (χ3n) is 4.12. The largest absolute Gasteiger partial charge is 0.317 e. The van der Waals surface area contributed by atoms with Gasteiger partial charge in [0.2, 0.25) is 10.0 Å². The maximum atomic E-state index is 12.4. The summed E-state index contributed by atoms with van der Waals surface area (Å²) in [6, 6.07) is 7.17. The molecular formula is C15H25ClN2O2S. The molecule has 1 fully saturated rings. The standard InChI is InChI=1S/C15H24N2O2S.ClH/c1-3-13-5-4-6-14(11-13)20(18,19)17-12-15(2)7-9-16-10-8-15;/h4-6,11,16-17H,3,7-10,12H2,1-2H3;1H. The second-order valence-electron chi connectivity index (χ2n) is 5.89. The molecule has 4 nitrogen and oxygen atoms in total. The molecule has 0 atom stereocenters. The fourth-order valence-electron chi connectivity index (χ4n) is 2.49. The molecule has 1 aliphatic heterocycles. The van der Waals surface area contributed by atoms with Gasteiger partial charge >= 0.3 is 0 Å². The first kappa shape index (κ1) is 18.4. The van der Waals surface area contributed by atoms with Crippen LogP contribution in [-0.4, -0.2) is 28.1 Å². The van der Waals surface area contributed by atoms with Crippen LogP contribution in [0.1, 0.15) is 32.3 Å². The molecule has 0 saturated carbocycles. The molecule has 0 radical (unpaired) electrons. The summed E-state index contributed by atoms with van der Waals surface area (Å²) >= 11 is 0. The second-order valence-corrected chi connectivity index (χ2v) is 7.65. The molecule has 0 unspecified atom stereocenters. The van der Waals surface area contributed by atoms with Crippen molar-refractivity contribution in [2.45, 2.75) is 38.0 Å². The van der Waals surface area contributed by atoms with E-state index in [-0.39, 0.29) is 17.8 Å². The van der Waals surface area contributed by atoms with Gasteiger partial charge in [-0.3, -0.25) is 0 Å². The van der Waals surface area contributed by atoms with Crippen molar-refractivity contribution >= 4 is 22.4 Å². The van der Waals surface area contributed by atoms with E-state index < -0.39 is 10.0 Å². The lowest BCUT2D eigenvalue weighted by Crippen LogP contribution is -2.42. The summed E-state index contributed by atoms with van der Waals surface area (Å²) < 4.78 is 27.5. The molecule has 0 bridgehead atoms. The number of sulfonamides is 1. The third-order valence-corrected chi connectivity index (χ3v) is 5.52. The Morgan fingerprint density at radius 3 is 2.57 bits per heavy atom. The first-order valence-corrected chi connectivity index (χ1v) is 8.73. The van der Waals surface area contributed by atoms with Crippen molar-refractivity contribution in [3.63, 3.8) is 0 Å². The average molecular weight is 333 g/mol. The van der Waals surface area contributed by atoms with Crippen LogP contribution in [0.2, 0.25) is 0 Å². The molecule has 2 N–H and O–H groups in total. The van der Waals surface area contributed by atoms with Crippen LogP contribution in [0.25, 0.3) is 0 Å². The summed E-state index contributed by atoms with van der Waals surface area (Å²) in [5.74, 6) is 0. The van der Waals surface area contributed by atoms with Gasteiger partial charge in [0.05, 0.1) is 4.90 Å². The molecule has 0 aliphatic carbocycles. The number of hydrogen-bond donors (Lipinski definition) is 2. The summed E-state index contributed by atoms with van der Waals surface area (Å²) in [7, 11) is -3.40. The fourth-order valence-corrected chi connectivity index (χ4v) is 3.76. The third kappa shape index (κ3) is 4.95. The Bertz CT molecular complexity index is 555. The first-order valence-electron chi connectivity index (χ1n) is 7.24. The Hall–Kier alpha value is -0.620. The summed E-state index contributed by atoms with van der Waals surface area (Å²) in [6.07, 6.45) is 2.85. The highest BCUT2D eigenvalue weighted by Gasteiger charge is 2.28. The van der Waals surface area contributed by atoms with Crippen LogP contribution in [-0.2, 0) is 16.4 Å². The zero-order valence-electron chi connectivity index (χ0n) is 12.7. The zero-order valence-corrected chi connectivity index (χ0v) is 14.3. The molecule has 2 rings (SSSR count). The van der Waals surface area contributed by atoms with Gasteiger partial charge in [0.25, 0.3) is 0 Å². The molecule has 120 valence electrons. The van der Waals surface area contributed by atoms with Crippen molar-refractivity contribution in [1.82, 2.24) is 10.0 Å². The van der Waals surface area contributed by atoms with Crippen molar-refractivity contribution in [2.24, 2.45) is 5.41 Å². The Labute approximate surface area is 134 Å². The summed E-state index contributed by atoms with van der Waals surface area (Å²) in [5.41, 5.74) is 1.10. The van der Waals surface area contributed by atoms with Gasteiger partial charge in [0.15, 0.2) is 0 Å². The number of benzene rings is 1. The van der Waals surface area contributed by atoms with E-state index in [1.54, 1.807) is 18.2 Å². The van der Waals surface area contributed by atoms with Crippen molar-refractivity contribution < 1.29 is 8.42 Å². The Morgan fingerprint density at radius 2 is 1.95 bits per heavy atom. The fraction of sp³-hybridized carbons (Fsp3) is 0.600. The lowest BCUT2D eigenvalue weighted by Gasteiger charge is -2.34. The quantitative estimate of drug-likeness (QED) is 0.870. The van der Waals surface area contributed by atoms with Crippen LogP contribution in [0.3, 0.4) is 0 Å². The van der Waals surface area contributed by atoms with Gasteiger partial charge in [-0.15, -0.1) is 12.4 Å². The van der Waals surface area contributed by atoms with E-state index in [0.29, 0.717) is 11.4 Å². The van der Waals surface area contributed by atoms with Gasteiger partial charge in [-0.25, -0.2) is 13.1 Å². The minimum atomic E-state index is -3.40. The Balaban J connectivity index is 0.00000220. The summed E-state index contributed by atoms with van der Waals surface area (Å²) in [4.78, 5) is 0.370. The average Bonchev–Trinajstić information content (AvgIpc) is 2.46. The number of aryl methyl sites for hydroxylation is 1. The first-order chi connectivity index (χ1) is 9.45. The van der Waals surface area contributed by atoms with E-state index in [0.717, 1.165) is 37.9 Å². The van der Waals surface area contributed by atoms with Crippen molar-refractivity contribution in [3.05, 3.63) is 29.8 Å². The van der Waals surface area contributed by atoms with Crippen LogP contribution >= 0.6 is 12.4 Å². The highest BCUT2D eigenvalue weighted by molar-refractivity contribution is 7.89. The van der Waals surface area contributed by atoms with Crippen LogP contribution in [0.5, 0.6) is 0 Å². The molecule has 21 heavy (non-hydrogen) atoms. The lowest BCUT2D eigenvalue weighted by atomic mass is 9.81. The second kappa shape index (κ2) is 7.58. The molecule has 0 amide bonds. The van der Waals surface area contributed by atoms with E-state index in [4.69, 9.17) is 0 Å². The van der Waals surface area contributed by atoms with Crippen LogP contribution < -0.4 is 10.0 Å². The molecule has 1 aromatic carbocycles. The molecule has 0 spiro atoms. The molecule has 6 heteroatoms. The molecule has 1 heterocycles. The number of nitrogens with one attached hydrogen (secondary N) is 2. The highest BCUT2D eigenvalue weighted by Crippen LogP contribution is 2.27. The van der Waals surface area contributed by atoms with Crippen LogP contribution in [0.4, 0.5) is 0 Å². The number of halogens is 1. The van der Waals surface area contributed by atoms with Crippen molar-refractivity contribution in [1.29, 1.82) is 0 Å². The van der Waals surface area contributed by atoms with Gasteiger partial charge in [-0.2, -0.15) is 0 Å². The highest BCUT2D eigenvalue weighted by atomic mass is 35.5. The smallest absolute Gasteiger partial charge is 0.240 e. The number of hydrogen-bond acceptors (Lipinski definition) is 3. The van der Waals surface area contributed by atoms with Crippen LogP contribution in [0, 0.1) is 5.41 Å². The minimum absolute atomic E-state index is 0. The van der Waals surface area contributed by atoms with E-state index in [2.05, 4.69) is 17.0 Å². The maximum absolute atomic E-state index is 12.4. The summed E-state index contributed by atoms with van der Waals surface area (Å²) in [5, 5.41) is 3.31. The van der Waals surface area contributed by atoms with E-state index >= 15 is 0 Å². The predicted octanol–water partition coefficient (Wildman–Crippen LogP) is 2.34. The van der Waals surface area contributed by atoms with Gasteiger partial charge in [-0.05, 0) is 55.5 Å². The van der Waals surface area contributed by atoms with Gasteiger partial charge in [0, 0.05) is 6.54 Å². The SMILES string of the molecule is CCc1cccc(S(=O)(=O)NCC2(C)CCNCC2)c1.Cl. The molecule has 1 aliphatic rings. The summed E-state index contributed by atoms with van der Waals surface area (Å²) in [6.45, 7) is 6.61. The normalized spacial score (nSPS) is 18.0. The monoisotopic (exact) mass is 332 g/mol. The van der Waals surface area contributed by atoms with E-state index in [1.807, 2.05) is 13.0 Å². The maximum Gasteiger partial charge on any atom is 0.240 e. The Morgan fingerprint density at radius 1 is 1.29 bits per heavy atom. The van der Waals surface area contributed by atoms with Crippen molar-refractivity contribution in [3.8, 4) is 0 Å². The van der Waals surface area contributed by atoms with Crippen LogP contribution in [0.15, 0.2) is 29.2 Å². The lowest BCUT2D eigenvalue weighted by molar-refractivity contribution is 0.232. The van der Waals surface area contributed by atoms with Gasteiger partial charge < -0.3 is 5.32 Å². The van der Waals surface area contributed by atoms with Gasteiger partial charge in [0.1, 0.15) is 0 Å². The van der Waals surface area contributed by atoms with Gasteiger partial charge in [-0.1, -0.05) is 26.0 Å². The molecule has 0 aromatic heterocycles. The molecular weight excluding hydrogens is 308 g/mol.